The predicted molar refractivity (Wildman–Crippen MR) is 89.3 cm³/mol. The van der Waals surface area contributed by atoms with Crippen molar-refractivity contribution in [2.45, 2.75) is 51.0 Å². The van der Waals surface area contributed by atoms with Crippen LogP contribution >= 0.6 is 12.4 Å². The Labute approximate surface area is 133 Å². The van der Waals surface area contributed by atoms with Gasteiger partial charge in [-0.05, 0) is 49.8 Å². The number of carbonyl (C=O) groups excluding carboxylic acids is 1. The van der Waals surface area contributed by atoms with Gasteiger partial charge < -0.3 is 10.2 Å². The van der Waals surface area contributed by atoms with E-state index in [0.29, 0.717) is 18.4 Å². The topological polar surface area (TPSA) is 32.3 Å². The van der Waals surface area contributed by atoms with E-state index in [2.05, 4.69) is 30.4 Å². The van der Waals surface area contributed by atoms with Gasteiger partial charge in [-0.3, -0.25) is 4.79 Å². The summed E-state index contributed by atoms with van der Waals surface area (Å²) in [7, 11) is 0. The molecule has 21 heavy (non-hydrogen) atoms. The van der Waals surface area contributed by atoms with E-state index >= 15 is 0 Å². The van der Waals surface area contributed by atoms with Crippen molar-refractivity contribution in [1.82, 2.24) is 5.32 Å². The summed E-state index contributed by atoms with van der Waals surface area (Å²) in [4.78, 5) is 14.5. The molecule has 4 heteroatoms. The van der Waals surface area contributed by atoms with Crippen molar-refractivity contribution < 1.29 is 4.79 Å². The van der Waals surface area contributed by atoms with Crippen LogP contribution in [0, 0.1) is 0 Å². The van der Waals surface area contributed by atoms with Crippen molar-refractivity contribution in [3.63, 3.8) is 0 Å². The molecule has 0 bridgehead atoms. The van der Waals surface area contributed by atoms with Crippen molar-refractivity contribution in [1.29, 1.82) is 0 Å². The number of nitrogens with zero attached hydrogens (tertiary/aromatic N) is 1. The highest BCUT2D eigenvalue weighted by Gasteiger charge is 2.26. The van der Waals surface area contributed by atoms with E-state index in [1.54, 1.807) is 0 Å². The lowest BCUT2D eigenvalue weighted by atomic mass is 9.91. The minimum absolute atomic E-state index is 0. The molecule has 1 amide bonds. The molecule has 3 rings (SSSR count). The summed E-state index contributed by atoms with van der Waals surface area (Å²) in [5, 5.41) is 3.47. The Hall–Kier alpha value is -1.06. The monoisotopic (exact) mass is 308 g/mol. The van der Waals surface area contributed by atoms with E-state index in [-0.39, 0.29) is 18.3 Å². The first-order chi connectivity index (χ1) is 9.75. The largest absolute Gasteiger partial charge is 0.314 e. The molecule has 2 heterocycles. The van der Waals surface area contributed by atoms with Gasteiger partial charge in [0.05, 0.1) is 0 Å². The lowest BCUT2D eigenvalue weighted by Crippen LogP contribution is -2.37. The molecule has 0 aromatic heterocycles. The lowest BCUT2D eigenvalue weighted by molar-refractivity contribution is -0.118. The highest BCUT2D eigenvalue weighted by molar-refractivity contribution is 5.94. The Morgan fingerprint density at radius 3 is 2.90 bits per heavy atom. The van der Waals surface area contributed by atoms with Crippen molar-refractivity contribution in [2.24, 2.45) is 0 Å². The minimum atomic E-state index is 0. The first-order valence-corrected chi connectivity index (χ1v) is 7.88. The molecule has 2 unspecified atom stereocenters. The molecule has 2 aliphatic rings. The Balaban J connectivity index is 0.00000161. The molecular formula is C17H25ClN2O. The van der Waals surface area contributed by atoms with Gasteiger partial charge in [0.2, 0.25) is 5.91 Å². The normalized spacial score (nSPS) is 24.3. The van der Waals surface area contributed by atoms with E-state index in [4.69, 9.17) is 0 Å². The fraction of sp³-hybridized carbons (Fsp3) is 0.588. The molecular weight excluding hydrogens is 284 g/mol. The SMILES string of the molecule is CC1CCN(C(=O)CCC2CCCN2)c2ccccc21.Cl. The quantitative estimate of drug-likeness (QED) is 0.927. The van der Waals surface area contributed by atoms with E-state index in [9.17, 15) is 4.79 Å². The predicted octanol–water partition coefficient (Wildman–Crippen LogP) is 3.48. The molecule has 0 saturated carbocycles. The Morgan fingerprint density at radius 1 is 1.33 bits per heavy atom. The number of carbonyl (C=O) groups is 1. The van der Waals surface area contributed by atoms with Crippen LogP contribution in [0.25, 0.3) is 0 Å². The molecule has 0 aliphatic carbocycles. The molecule has 2 aliphatic heterocycles. The number of para-hydroxylation sites is 1. The highest BCUT2D eigenvalue weighted by Crippen LogP contribution is 2.35. The molecule has 0 spiro atoms. The molecule has 1 aromatic rings. The third kappa shape index (κ3) is 3.58. The number of halogens is 1. The second-order valence-corrected chi connectivity index (χ2v) is 6.13. The Morgan fingerprint density at radius 2 is 2.14 bits per heavy atom. The van der Waals surface area contributed by atoms with Gasteiger partial charge in [0.15, 0.2) is 0 Å². The third-order valence-corrected chi connectivity index (χ3v) is 4.71. The van der Waals surface area contributed by atoms with Gasteiger partial charge >= 0.3 is 0 Å². The first kappa shape index (κ1) is 16.3. The summed E-state index contributed by atoms with van der Waals surface area (Å²) in [6.07, 6.45) is 5.20. The number of hydrogen-bond acceptors (Lipinski definition) is 2. The molecule has 1 N–H and O–H groups in total. The Bertz CT molecular complexity index is 485. The smallest absolute Gasteiger partial charge is 0.227 e. The van der Waals surface area contributed by atoms with Crippen molar-refractivity contribution in [3.8, 4) is 0 Å². The van der Waals surface area contributed by atoms with Crippen LogP contribution in [0.1, 0.15) is 50.5 Å². The summed E-state index contributed by atoms with van der Waals surface area (Å²) in [5.41, 5.74) is 2.46. The zero-order chi connectivity index (χ0) is 13.9. The van der Waals surface area contributed by atoms with E-state index < -0.39 is 0 Å². The standard InChI is InChI=1S/C17H24N2O.ClH/c1-13-10-12-19(16-7-3-2-6-15(13)16)17(20)9-8-14-5-4-11-18-14;/h2-3,6-7,13-14,18H,4-5,8-12H2,1H3;1H. The number of amides is 1. The van der Waals surface area contributed by atoms with Crippen LogP contribution in [0.15, 0.2) is 24.3 Å². The number of benzene rings is 1. The Kier molecular flexibility index (Phi) is 5.65. The molecule has 1 fully saturated rings. The summed E-state index contributed by atoms with van der Waals surface area (Å²) < 4.78 is 0. The van der Waals surface area contributed by atoms with Gasteiger partial charge in [-0.25, -0.2) is 0 Å². The van der Waals surface area contributed by atoms with E-state index in [0.717, 1.165) is 31.6 Å². The second-order valence-electron chi connectivity index (χ2n) is 6.13. The summed E-state index contributed by atoms with van der Waals surface area (Å²) >= 11 is 0. The number of rotatable bonds is 3. The number of fused-ring (bicyclic) bond motifs is 1. The summed E-state index contributed by atoms with van der Waals surface area (Å²) in [5.74, 6) is 0.852. The van der Waals surface area contributed by atoms with Gasteiger partial charge in [0.25, 0.3) is 0 Å². The minimum Gasteiger partial charge on any atom is -0.314 e. The molecule has 116 valence electrons. The molecule has 0 radical (unpaired) electrons. The average molecular weight is 309 g/mol. The zero-order valence-corrected chi connectivity index (χ0v) is 13.5. The van der Waals surface area contributed by atoms with Gasteiger partial charge in [0.1, 0.15) is 0 Å². The van der Waals surface area contributed by atoms with Crippen molar-refractivity contribution >= 4 is 24.0 Å². The van der Waals surface area contributed by atoms with Crippen molar-refractivity contribution in [3.05, 3.63) is 29.8 Å². The molecule has 1 saturated heterocycles. The van der Waals surface area contributed by atoms with Crippen LogP contribution in [-0.2, 0) is 4.79 Å². The first-order valence-electron chi connectivity index (χ1n) is 7.88. The van der Waals surface area contributed by atoms with Crippen LogP contribution in [0.5, 0.6) is 0 Å². The second kappa shape index (κ2) is 7.28. The van der Waals surface area contributed by atoms with Crippen molar-refractivity contribution in [2.75, 3.05) is 18.0 Å². The fourth-order valence-electron chi connectivity index (χ4n) is 3.44. The maximum absolute atomic E-state index is 12.5. The summed E-state index contributed by atoms with van der Waals surface area (Å²) in [6, 6.07) is 8.92. The third-order valence-electron chi connectivity index (χ3n) is 4.71. The number of anilines is 1. The van der Waals surface area contributed by atoms with E-state index in [1.807, 2.05) is 11.0 Å². The molecule has 2 atom stereocenters. The number of nitrogens with one attached hydrogen (secondary N) is 1. The van der Waals surface area contributed by atoms with Gasteiger partial charge in [-0.15, -0.1) is 12.4 Å². The van der Waals surface area contributed by atoms with Crippen LogP contribution in [0.2, 0.25) is 0 Å². The maximum atomic E-state index is 12.5. The number of hydrogen-bond donors (Lipinski definition) is 1. The lowest BCUT2D eigenvalue weighted by Gasteiger charge is -2.33. The van der Waals surface area contributed by atoms with E-state index in [1.165, 1.54) is 18.4 Å². The summed E-state index contributed by atoms with van der Waals surface area (Å²) in [6.45, 7) is 4.24. The van der Waals surface area contributed by atoms with Crippen LogP contribution in [-0.4, -0.2) is 25.0 Å². The van der Waals surface area contributed by atoms with Crippen LogP contribution < -0.4 is 10.2 Å². The highest BCUT2D eigenvalue weighted by atomic mass is 35.5. The zero-order valence-electron chi connectivity index (χ0n) is 12.7. The molecule has 3 nitrogen and oxygen atoms in total. The average Bonchev–Trinajstić information content (AvgIpc) is 2.99. The van der Waals surface area contributed by atoms with Gasteiger partial charge in [-0.1, -0.05) is 25.1 Å². The van der Waals surface area contributed by atoms with Crippen LogP contribution in [0.3, 0.4) is 0 Å². The van der Waals surface area contributed by atoms with Gasteiger partial charge in [0, 0.05) is 24.7 Å². The fourth-order valence-corrected chi connectivity index (χ4v) is 3.44. The van der Waals surface area contributed by atoms with Gasteiger partial charge in [-0.2, -0.15) is 0 Å². The maximum Gasteiger partial charge on any atom is 0.227 e. The molecule has 1 aromatic carbocycles. The van der Waals surface area contributed by atoms with Crippen LogP contribution in [0.4, 0.5) is 5.69 Å².